The zero-order valence-corrected chi connectivity index (χ0v) is 7.02. The van der Waals surface area contributed by atoms with E-state index < -0.39 is 23.8 Å². The molecule has 0 spiro atoms. The molecule has 12 heavy (non-hydrogen) atoms. The van der Waals surface area contributed by atoms with Gasteiger partial charge in [0.25, 0.3) is 0 Å². The Morgan fingerprint density at radius 1 is 1.00 bits per heavy atom. The summed E-state index contributed by atoms with van der Waals surface area (Å²) in [5, 5.41) is 16.9. The monoisotopic (exact) mass is 172 g/mol. The van der Waals surface area contributed by atoms with Crippen LogP contribution in [0.3, 0.4) is 0 Å². The fourth-order valence-corrected chi connectivity index (χ4v) is 0.498. The molecule has 0 saturated heterocycles. The maximum atomic E-state index is 10.3. The topological polar surface area (TPSA) is 74.6 Å². The third-order valence-electron chi connectivity index (χ3n) is 1.47. The van der Waals surface area contributed by atoms with Crippen LogP contribution < -0.4 is 0 Å². The Morgan fingerprint density at radius 3 is 1.42 bits per heavy atom. The third-order valence-corrected chi connectivity index (χ3v) is 1.47. The highest BCUT2D eigenvalue weighted by Crippen LogP contribution is 2.02. The standard InChI is InChI=1S/C8H12O4/c1-5(7(9)10)3-4-6(2)8(11)12/h3-6H,1-2H3,(H,9,10)(H,11,12). The van der Waals surface area contributed by atoms with Crippen LogP contribution in [0.4, 0.5) is 0 Å². The van der Waals surface area contributed by atoms with Crippen LogP contribution in [0.15, 0.2) is 12.2 Å². The van der Waals surface area contributed by atoms with Crippen molar-refractivity contribution < 1.29 is 19.8 Å². The summed E-state index contributed by atoms with van der Waals surface area (Å²) in [7, 11) is 0. The van der Waals surface area contributed by atoms with Gasteiger partial charge in [0.1, 0.15) is 0 Å². The molecule has 0 amide bonds. The first-order valence-corrected chi connectivity index (χ1v) is 3.59. The Hall–Kier alpha value is -1.32. The number of hydrogen-bond acceptors (Lipinski definition) is 2. The van der Waals surface area contributed by atoms with Gasteiger partial charge in [0, 0.05) is 0 Å². The molecule has 4 heteroatoms. The Bertz CT molecular complexity index is 185. The normalized spacial score (nSPS) is 15.8. The fraction of sp³-hybridized carbons (Fsp3) is 0.500. The summed E-state index contributed by atoms with van der Waals surface area (Å²) >= 11 is 0. The lowest BCUT2D eigenvalue weighted by Crippen LogP contribution is -2.09. The average molecular weight is 172 g/mol. The van der Waals surface area contributed by atoms with Crippen molar-refractivity contribution in [2.24, 2.45) is 11.8 Å². The lowest BCUT2D eigenvalue weighted by atomic mass is 10.1. The minimum absolute atomic E-state index is 0.633. The molecule has 2 N–H and O–H groups in total. The van der Waals surface area contributed by atoms with Crippen molar-refractivity contribution in [3.05, 3.63) is 12.2 Å². The van der Waals surface area contributed by atoms with Gasteiger partial charge < -0.3 is 10.2 Å². The summed E-state index contributed by atoms with van der Waals surface area (Å²) in [6, 6.07) is 0. The summed E-state index contributed by atoms with van der Waals surface area (Å²) in [6.45, 7) is 2.99. The van der Waals surface area contributed by atoms with E-state index >= 15 is 0 Å². The first-order chi connectivity index (χ1) is 5.45. The molecule has 0 radical (unpaired) electrons. The number of carboxylic acid groups (broad SMARTS) is 2. The van der Waals surface area contributed by atoms with E-state index in [1.165, 1.54) is 26.0 Å². The largest absolute Gasteiger partial charge is 0.481 e. The lowest BCUT2D eigenvalue weighted by Gasteiger charge is -2.00. The first kappa shape index (κ1) is 10.7. The Balaban J connectivity index is 4.06. The van der Waals surface area contributed by atoms with Crippen LogP contribution in [0.5, 0.6) is 0 Å². The van der Waals surface area contributed by atoms with E-state index in [0.717, 1.165) is 0 Å². The van der Waals surface area contributed by atoms with Crippen LogP contribution in [-0.2, 0) is 9.59 Å². The lowest BCUT2D eigenvalue weighted by molar-refractivity contribution is -0.141. The highest BCUT2D eigenvalue weighted by atomic mass is 16.4. The summed E-state index contributed by atoms with van der Waals surface area (Å²) < 4.78 is 0. The molecule has 68 valence electrons. The molecule has 0 aromatic carbocycles. The van der Waals surface area contributed by atoms with Gasteiger partial charge in [-0.2, -0.15) is 0 Å². The summed E-state index contributed by atoms with van der Waals surface area (Å²) in [4.78, 5) is 20.6. The smallest absolute Gasteiger partial charge is 0.310 e. The third kappa shape index (κ3) is 3.75. The van der Waals surface area contributed by atoms with Crippen LogP contribution in [0.2, 0.25) is 0 Å². The molecular weight excluding hydrogens is 160 g/mol. The first-order valence-electron chi connectivity index (χ1n) is 3.59. The molecule has 0 aromatic rings. The second kappa shape index (κ2) is 4.54. The maximum Gasteiger partial charge on any atom is 0.310 e. The molecule has 0 rings (SSSR count). The molecule has 0 fully saturated rings. The van der Waals surface area contributed by atoms with Crippen molar-refractivity contribution in [2.45, 2.75) is 13.8 Å². The maximum absolute atomic E-state index is 10.3. The highest BCUT2D eigenvalue weighted by molar-refractivity contribution is 5.73. The summed E-state index contributed by atoms with van der Waals surface area (Å²) in [5.41, 5.74) is 0. The molecule has 0 aliphatic carbocycles. The zero-order valence-electron chi connectivity index (χ0n) is 7.02. The summed E-state index contributed by atoms with van der Waals surface area (Å²) in [5.74, 6) is -3.17. The fourth-order valence-electron chi connectivity index (χ4n) is 0.498. The quantitative estimate of drug-likeness (QED) is 0.620. The van der Waals surface area contributed by atoms with E-state index in [1.54, 1.807) is 0 Å². The second-order valence-corrected chi connectivity index (χ2v) is 2.64. The van der Waals surface area contributed by atoms with E-state index in [9.17, 15) is 9.59 Å². The van der Waals surface area contributed by atoms with Gasteiger partial charge in [0.2, 0.25) is 0 Å². The van der Waals surface area contributed by atoms with Crippen molar-refractivity contribution >= 4 is 11.9 Å². The van der Waals surface area contributed by atoms with Crippen LogP contribution >= 0.6 is 0 Å². The van der Waals surface area contributed by atoms with E-state index in [-0.39, 0.29) is 0 Å². The van der Waals surface area contributed by atoms with E-state index in [2.05, 4.69) is 0 Å². The number of carboxylic acids is 2. The number of rotatable bonds is 4. The molecular formula is C8H12O4. The van der Waals surface area contributed by atoms with E-state index in [0.29, 0.717) is 0 Å². The van der Waals surface area contributed by atoms with Gasteiger partial charge in [-0.05, 0) is 13.8 Å². The SMILES string of the molecule is CC(C=CC(C)C(=O)O)C(=O)O. The molecule has 2 unspecified atom stereocenters. The molecule has 2 atom stereocenters. The van der Waals surface area contributed by atoms with Crippen LogP contribution in [0, 0.1) is 11.8 Å². The Morgan fingerprint density at radius 2 is 1.25 bits per heavy atom. The van der Waals surface area contributed by atoms with Gasteiger partial charge in [-0.15, -0.1) is 0 Å². The molecule has 0 bridgehead atoms. The highest BCUT2D eigenvalue weighted by Gasteiger charge is 2.09. The summed E-state index contributed by atoms with van der Waals surface area (Å²) in [6.07, 6.45) is 2.75. The Kier molecular flexibility index (Phi) is 4.04. The van der Waals surface area contributed by atoms with Crippen molar-refractivity contribution in [1.29, 1.82) is 0 Å². The van der Waals surface area contributed by atoms with Gasteiger partial charge in [0.05, 0.1) is 11.8 Å². The van der Waals surface area contributed by atoms with Crippen molar-refractivity contribution in [3.63, 3.8) is 0 Å². The van der Waals surface area contributed by atoms with Crippen LogP contribution in [0.1, 0.15) is 13.8 Å². The second-order valence-electron chi connectivity index (χ2n) is 2.64. The Labute approximate surface area is 70.5 Å². The molecule has 0 heterocycles. The average Bonchev–Trinajstić information content (AvgIpc) is 1.98. The molecule has 4 nitrogen and oxygen atoms in total. The van der Waals surface area contributed by atoms with Gasteiger partial charge in [-0.1, -0.05) is 12.2 Å². The number of carbonyl (C=O) groups is 2. The number of hydrogen-bond donors (Lipinski definition) is 2. The molecule has 0 aliphatic heterocycles. The van der Waals surface area contributed by atoms with Gasteiger partial charge in [0.15, 0.2) is 0 Å². The predicted octanol–water partition coefficient (Wildman–Crippen LogP) is 0.984. The van der Waals surface area contributed by atoms with Crippen molar-refractivity contribution in [1.82, 2.24) is 0 Å². The molecule has 0 saturated carbocycles. The minimum atomic E-state index is -0.955. The van der Waals surface area contributed by atoms with Gasteiger partial charge >= 0.3 is 11.9 Å². The van der Waals surface area contributed by atoms with E-state index in [1.807, 2.05) is 0 Å². The van der Waals surface area contributed by atoms with Crippen LogP contribution in [-0.4, -0.2) is 22.2 Å². The van der Waals surface area contributed by atoms with Gasteiger partial charge in [-0.3, -0.25) is 9.59 Å². The molecule has 0 aliphatic rings. The van der Waals surface area contributed by atoms with Gasteiger partial charge in [-0.25, -0.2) is 0 Å². The molecule has 0 aromatic heterocycles. The number of aliphatic carboxylic acids is 2. The van der Waals surface area contributed by atoms with E-state index in [4.69, 9.17) is 10.2 Å². The van der Waals surface area contributed by atoms with Crippen molar-refractivity contribution in [2.75, 3.05) is 0 Å². The van der Waals surface area contributed by atoms with Crippen molar-refractivity contribution in [3.8, 4) is 0 Å². The zero-order chi connectivity index (χ0) is 9.72. The minimum Gasteiger partial charge on any atom is -0.481 e. The van der Waals surface area contributed by atoms with Crippen LogP contribution in [0.25, 0.3) is 0 Å². The predicted molar refractivity (Wildman–Crippen MR) is 42.7 cm³/mol.